The molecule has 0 spiro atoms. The summed E-state index contributed by atoms with van der Waals surface area (Å²) in [5, 5.41) is 42.5. The van der Waals surface area contributed by atoms with E-state index < -0.39 is 29.3 Å². The lowest BCUT2D eigenvalue weighted by atomic mass is 9.79. The average molecular weight is 430 g/mol. The number of ketones is 2. The molecule has 2 unspecified atom stereocenters. The van der Waals surface area contributed by atoms with E-state index in [1.54, 1.807) is 13.0 Å². The van der Waals surface area contributed by atoms with Crippen LogP contribution in [0.4, 0.5) is 0 Å². The van der Waals surface area contributed by atoms with Crippen LogP contribution in [-0.4, -0.2) is 45.2 Å². The van der Waals surface area contributed by atoms with Crippen molar-refractivity contribution >= 4 is 11.6 Å². The Morgan fingerprint density at radius 1 is 1.06 bits per heavy atom. The van der Waals surface area contributed by atoms with Crippen molar-refractivity contribution in [2.75, 3.05) is 7.11 Å². The minimum atomic E-state index is -1.31. The van der Waals surface area contributed by atoms with Gasteiger partial charge in [-0.2, -0.15) is 0 Å². The summed E-state index contributed by atoms with van der Waals surface area (Å²) in [5.41, 5.74) is 1.71. The van der Waals surface area contributed by atoms with Crippen molar-refractivity contribution in [1.82, 2.24) is 0 Å². The Labute approximate surface area is 182 Å². The van der Waals surface area contributed by atoms with Crippen LogP contribution in [0.1, 0.15) is 55.6 Å². The number of ether oxygens (including phenoxy) is 1. The summed E-state index contributed by atoms with van der Waals surface area (Å²) >= 11 is 0. The molecule has 31 heavy (non-hydrogen) atoms. The SMILES string of the molecule is COc1c(C)c(O)c(C(C)=O)c(O)c1CC1C=C(CC=C(C)C)C(O)=C(C(C)=O)C1O. The highest BCUT2D eigenvalue weighted by atomic mass is 16.5. The molecular weight excluding hydrogens is 400 g/mol. The van der Waals surface area contributed by atoms with Crippen LogP contribution in [0.5, 0.6) is 17.2 Å². The van der Waals surface area contributed by atoms with Gasteiger partial charge < -0.3 is 25.2 Å². The molecule has 1 aromatic rings. The van der Waals surface area contributed by atoms with Crippen molar-refractivity contribution < 1.29 is 34.8 Å². The van der Waals surface area contributed by atoms with Gasteiger partial charge in [-0.1, -0.05) is 17.7 Å². The molecule has 0 amide bonds. The Balaban J connectivity index is 2.65. The zero-order valence-electron chi connectivity index (χ0n) is 18.7. The summed E-state index contributed by atoms with van der Waals surface area (Å²) in [4.78, 5) is 24.2. The standard InChI is InChI=1S/C24H30O7/c1-11(2)7-8-15-9-16(22(29)19(14(5)26)21(15)28)10-17-23(30)18(13(4)25)20(27)12(3)24(17)31-6/h7,9,16,22,27-30H,8,10H2,1-6H3. The fraction of sp³-hybridized carbons (Fsp3) is 0.417. The first-order valence-corrected chi connectivity index (χ1v) is 10.0. The first-order valence-electron chi connectivity index (χ1n) is 10.0. The number of phenolic OH excluding ortho intramolecular Hbond substituents is 2. The molecule has 0 heterocycles. The van der Waals surface area contributed by atoms with Crippen LogP contribution in [0.3, 0.4) is 0 Å². The Kier molecular flexibility index (Phi) is 7.33. The highest BCUT2D eigenvalue weighted by Crippen LogP contribution is 2.44. The molecule has 0 saturated carbocycles. The number of carbonyl (C=O) groups is 2. The molecule has 0 aliphatic heterocycles. The zero-order chi connectivity index (χ0) is 23.6. The predicted molar refractivity (Wildman–Crippen MR) is 117 cm³/mol. The molecule has 1 aromatic carbocycles. The van der Waals surface area contributed by atoms with E-state index in [0.717, 1.165) is 5.57 Å². The van der Waals surface area contributed by atoms with Crippen LogP contribution in [-0.2, 0) is 11.2 Å². The van der Waals surface area contributed by atoms with Gasteiger partial charge in [-0.25, -0.2) is 0 Å². The van der Waals surface area contributed by atoms with E-state index in [2.05, 4.69) is 0 Å². The molecule has 7 nitrogen and oxygen atoms in total. The van der Waals surface area contributed by atoms with Gasteiger partial charge in [0.25, 0.3) is 0 Å². The average Bonchev–Trinajstić information content (AvgIpc) is 2.66. The Morgan fingerprint density at radius 3 is 2.16 bits per heavy atom. The second-order valence-corrected chi connectivity index (χ2v) is 8.07. The molecule has 2 rings (SSSR count). The monoisotopic (exact) mass is 430 g/mol. The van der Waals surface area contributed by atoms with Crippen molar-refractivity contribution in [1.29, 1.82) is 0 Å². The van der Waals surface area contributed by atoms with Gasteiger partial charge in [-0.15, -0.1) is 0 Å². The van der Waals surface area contributed by atoms with Crippen molar-refractivity contribution in [3.63, 3.8) is 0 Å². The van der Waals surface area contributed by atoms with Gasteiger partial charge in [-0.3, -0.25) is 9.59 Å². The van der Waals surface area contributed by atoms with Gasteiger partial charge >= 0.3 is 0 Å². The molecular formula is C24H30O7. The third kappa shape index (κ3) is 4.66. The lowest BCUT2D eigenvalue weighted by Crippen LogP contribution is -2.31. The van der Waals surface area contributed by atoms with E-state index in [9.17, 15) is 30.0 Å². The first-order chi connectivity index (χ1) is 14.4. The van der Waals surface area contributed by atoms with Gasteiger partial charge in [0.2, 0.25) is 0 Å². The van der Waals surface area contributed by atoms with Crippen molar-refractivity contribution in [2.24, 2.45) is 5.92 Å². The van der Waals surface area contributed by atoms with Gasteiger partial charge in [0.05, 0.1) is 18.8 Å². The maximum atomic E-state index is 12.2. The van der Waals surface area contributed by atoms with E-state index in [-0.39, 0.29) is 45.9 Å². The molecule has 168 valence electrons. The van der Waals surface area contributed by atoms with E-state index in [4.69, 9.17) is 4.74 Å². The van der Waals surface area contributed by atoms with Gasteiger partial charge in [0.1, 0.15) is 28.6 Å². The third-order valence-corrected chi connectivity index (χ3v) is 5.51. The summed E-state index contributed by atoms with van der Waals surface area (Å²) < 4.78 is 5.38. The maximum absolute atomic E-state index is 12.2. The van der Waals surface area contributed by atoms with E-state index in [1.165, 1.54) is 21.0 Å². The number of carbonyl (C=O) groups excluding carboxylic acids is 2. The third-order valence-electron chi connectivity index (χ3n) is 5.51. The molecule has 0 saturated heterocycles. The fourth-order valence-electron chi connectivity index (χ4n) is 3.91. The number of aliphatic hydroxyl groups excluding tert-OH is 2. The molecule has 0 fully saturated rings. The molecule has 0 bridgehead atoms. The summed E-state index contributed by atoms with van der Waals surface area (Å²) in [6.07, 6.45) is 2.63. The molecule has 0 aromatic heterocycles. The van der Waals surface area contributed by atoms with Crippen LogP contribution < -0.4 is 4.74 Å². The Morgan fingerprint density at radius 2 is 1.68 bits per heavy atom. The van der Waals surface area contributed by atoms with Crippen LogP contribution in [0.15, 0.2) is 34.6 Å². The number of methoxy groups -OCH3 is 1. The van der Waals surface area contributed by atoms with Crippen molar-refractivity contribution in [3.8, 4) is 17.2 Å². The number of Topliss-reactive ketones (excluding diaryl/α,β-unsaturated/α-hetero) is 2. The number of allylic oxidation sites excluding steroid dienone is 3. The normalized spacial score (nSPS) is 18.5. The number of hydrogen-bond donors (Lipinski definition) is 4. The maximum Gasteiger partial charge on any atom is 0.167 e. The number of phenols is 2. The minimum absolute atomic E-state index is 0.0138. The number of rotatable bonds is 7. The Hall–Kier alpha value is -3.06. The number of aliphatic hydroxyl groups is 2. The van der Waals surface area contributed by atoms with Crippen LogP contribution in [0.25, 0.3) is 0 Å². The molecule has 2 atom stereocenters. The lowest BCUT2D eigenvalue weighted by Gasteiger charge is -2.29. The number of hydrogen-bond acceptors (Lipinski definition) is 7. The number of aromatic hydroxyl groups is 2. The second kappa shape index (κ2) is 9.39. The zero-order valence-corrected chi connectivity index (χ0v) is 18.7. The summed E-state index contributed by atoms with van der Waals surface area (Å²) in [5.74, 6) is -2.50. The van der Waals surface area contributed by atoms with E-state index >= 15 is 0 Å². The summed E-state index contributed by atoms with van der Waals surface area (Å²) in [6.45, 7) is 7.88. The minimum Gasteiger partial charge on any atom is -0.507 e. The largest absolute Gasteiger partial charge is 0.507 e. The second-order valence-electron chi connectivity index (χ2n) is 8.07. The highest BCUT2D eigenvalue weighted by molar-refractivity contribution is 6.01. The fourth-order valence-corrected chi connectivity index (χ4v) is 3.91. The van der Waals surface area contributed by atoms with E-state index in [0.29, 0.717) is 12.0 Å². The lowest BCUT2D eigenvalue weighted by molar-refractivity contribution is -0.115. The van der Waals surface area contributed by atoms with Crippen molar-refractivity contribution in [3.05, 3.63) is 51.3 Å². The molecule has 1 aliphatic carbocycles. The summed E-state index contributed by atoms with van der Waals surface area (Å²) in [6, 6.07) is 0. The van der Waals surface area contributed by atoms with E-state index in [1.807, 2.05) is 19.9 Å². The Bertz CT molecular complexity index is 1010. The summed E-state index contributed by atoms with van der Waals surface area (Å²) in [7, 11) is 1.37. The van der Waals surface area contributed by atoms with Gasteiger partial charge in [-0.05, 0) is 53.0 Å². The smallest absolute Gasteiger partial charge is 0.167 e. The highest BCUT2D eigenvalue weighted by Gasteiger charge is 2.35. The molecule has 7 heteroatoms. The van der Waals surface area contributed by atoms with Gasteiger partial charge in [0, 0.05) is 17.0 Å². The molecule has 0 radical (unpaired) electrons. The van der Waals surface area contributed by atoms with Crippen LogP contribution in [0.2, 0.25) is 0 Å². The molecule has 1 aliphatic rings. The quantitative estimate of drug-likeness (QED) is 0.383. The molecule has 4 N–H and O–H groups in total. The van der Waals surface area contributed by atoms with Gasteiger partial charge in [0.15, 0.2) is 11.6 Å². The first kappa shape index (κ1) is 24.2. The number of benzene rings is 1. The van der Waals surface area contributed by atoms with Crippen molar-refractivity contribution in [2.45, 2.75) is 53.6 Å². The predicted octanol–water partition coefficient (Wildman–Crippen LogP) is 3.83. The topological polar surface area (TPSA) is 124 Å². The van der Waals surface area contributed by atoms with Crippen LogP contribution >= 0.6 is 0 Å². The van der Waals surface area contributed by atoms with Crippen LogP contribution in [0, 0.1) is 12.8 Å².